The van der Waals surface area contributed by atoms with Crippen LogP contribution in [-0.2, 0) is 19.1 Å². The largest absolute Gasteiger partial charge is 0.508 e. The van der Waals surface area contributed by atoms with Crippen molar-refractivity contribution in [1.29, 1.82) is 0 Å². The van der Waals surface area contributed by atoms with Crippen molar-refractivity contribution in [2.45, 2.75) is 65.1 Å². The zero-order valence-electron chi connectivity index (χ0n) is 21.9. The third kappa shape index (κ3) is 8.82. The van der Waals surface area contributed by atoms with E-state index in [0.29, 0.717) is 11.3 Å². The van der Waals surface area contributed by atoms with Crippen molar-refractivity contribution in [1.82, 2.24) is 10.2 Å². The zero-order valence-corrected chi connectivity index (χ0v) is 21.9. The lowest BCUT2D eigenvalue weighted by molar-refractivity contribution is -0.140. The predicted molar refractivity (Wildman–Crippen MR) is 140 cm³/mol. The second-order valence-corrected chi connectivity index (χ2v) is 9.63. The van der Waals surface area contributed by atoms with Crippen LogP contribution in [-0.4, -0.2) is 52.0 Å². The summed E-state index contributed by atoms with van der Waals surface area (Å²) < 4.78 is 5.29. The van der Waals surface area contributed by atoms with E-state index in [4.69, 9.17) is 10.5 Å². The number of alkyl carbamates (subject to hydrolysis) is 1. The van der Waals surface area contributed by atoms with Crippen LogP contribution in [0.2, 0.25) is 0 Å². The van der Waals surface area contributed by atoms with E-state index in [1.165, 1.54) is 17.0 Å². The molecule has 2 aromatic rings. The summed E-state index contributed by atoms with van der Waals surface area (Å²) in [7, 11) is 0. The Morgan fingerprint density at radius 2 is 1.76 bits per heavy atom. The van der Waals surface area contributed by atoms with Gasteiger partial charge in [0.1, 0.15) is 23.4 Å². The fraction of sp³-hybridized carbons (Fsp3) is 0.407. The summed E-state index contributed by atoms with van der Waals surface area (Å²) in [5, 5.41) is 15.5. The van der Waals surface area contributed by atoms with Crippen molar-refractivity contribution >= 4 is 29.5 Å². The highest BCUT2D eigenvalue weighted by atomic mass is 16.6. The summed E-state index contributed by atoms with van der Waals surface area (Å²) in [5.41, 5.74) is 6.24. The highest BCUT2D eigenvalue weighted by molar-refractivity contribution is 5.99. The number of nitrogens with zero attached hydrogens (tertiary/aromatic N) is 1. The van der Waals surface area contributed by atoms with Gasteiger partial charge >= 0.3 is 6.09 Å². The number of para-hydroxylation sites is 1. The SMILES string of the molecule is CCN(C(=O)C(CCC(N)=O)NC(=O)OC(C)(C)C)C(C(=O)Nc1ccccc1C)c1cccc(O)c1. The third-order valence-electron chi connectivity index (χ3n) is 5.44. The molecule has 37 heavy (non-hydrogen) atoms. The molecule has 2 unspecified atom stereocenters. The molecule has 0 saturated heterocycles. The number of phenols is 1. The Balaban J connectivity index is 2.46. The van der Waals surface area contributed by atoms with Gasteiger partial charge in [0.15, 0.2) is 0 Å². The first kappa shape index (κ1) is 29.2. The molecule has 0 fully saturated rings. The second kappa shape index (κ2) is 12.8. The van der Waals surface area contributed by atoms with E-state index < -0.39 is 41.5 Å². The van der Waals surface area contributed by atoms with E-state index in [9.17, 15) is 24.3 Å². The molecule has 0 aromatic heterocycles. The quantitative estimate of drug-likeness (QED) is 0.383. The van der Waals surface area contributed by atoms with E-state index in [-0.39, 0.29) is 25.1 Å². The van der Waals surface area contributed by atoms with Crippen molar-refractivity contribution in [2.24, 2.45) is 5.73 Å². The number of phenolic OH excluding ortho intramolecular Hbond substituents is 1. The first-order valence-electron chi connectivity index (χ1n) is 12.1. The van der Waals surface area contributed by atoms with Crippen LogP contribution in [0.3, 0.4) is 0 Å². The molecule has 0 aliphatic rings. The van der Waals surface area contributed by atoms with Gasteiger partial charge in [-0.1, -0.05) is 30.3 Å². The summed E-state index contributed by atoms with van der Waals surface area (Å²) in [6, 6.07) is 10.9. The van der Waals surface area contributed by atoms with Crippen LogP contribution in [0.5, 0.6) is 5.75 Å². The highest BCUT2D eigenvalue weighted by Gasteiger charge is 2.36. The van der Waals surface area contributed by atoms with E-state index in [1.807, 2.05) is 19.1 Å². The number of primary amides is 1. The molecule has 0 radical (unpaired) electrons. The number of nitrogens with one attached hydrogen (secondary N) is 2. The summed E-state index contributed by atoms with van der Waals surface area (Å²) in [4.78, 5) is 52.6. The number of anilines is 1. The Morgan fingerprint density at radius 1 is 1.08 bits per heavy atom. The minimum atomic E-state index is -1.19. The number of hydrogen-bond donors (Lipinski definition) is 4. The van der Waals surface area contributed by atoms with Crippen LogP contribution in [0.25, 0.3) is 0 Å². The lowest BCUT2D eigenvalue weighted by Gasteiger charge is -2.33. The van der Waals surface area contributed by atoms with Gasteiger partial charge in [0.05, 0.1) is 0 Å². The standard InChI is InChI=1S/C27H36N4O6/c1-6-31(25(35)21(14-15-22(28)33)30-26(36)37-27(3,4)5)23(18-11-9-12-19(32)16-18)24(34)29-20-13-8-7-10-17(20)2/h7-13,16,21,23,32H,6,14-15H2,1-5H3,(H2,28,33)(H,29,34)(H,30,36). The molecular weight excluding hydrogens is 476 g/mol. The fourth-order valence-corrected chi connectivity index (χ4v) is 3.74. The van der Waals surface area contributed by atoms with Gasteiger partial charge in [-0.25, -0.2) is 4.79 Å². The van der Waals surface area contributed by atoms with Crippen molar-refractivity contribution in [3.63, 3.8) is 0 Å². The smallest absolute Gasteiger partial charge is 0.408 e. The lowest BCUT2D eigenvalue weighted by atomic mass is 10.0. The maximum absolute atomic E-state index is 13.8. The molecule has 5 N–H and O–H groups in total. The summed E-state index contributed by atoms with van der Waals surface area (Å²) in [5.74, 6) is -1.84. The molecule has 200 valence electrons. The summed E-state index contributed by atoms with van der Waals surface area (Å²) in [6.07, 6.45) is -1.10. The van der Waals surface area contributed by atoms with Gasteiger partial charge in [0.2, 0.25) is 11.8 Å². The molecule has 0 aliphatic heterocycles. The van der Waals surface area contributed by atoms with Gasteiger partial charge in [0.25, 0.3) is 5.91 Å². The molecule has 2 rings (SSSR count). The van der Waals surface area contributed by atoms with Gasteiger partial charge in [-0.2, -0.15) is 0 Å². The van der Waals surface area contributed by atoms with E-state index in [0.717, 1.165) is 5.56 Å². The lowest BCUT2D eigenvalue weighted by Crippen LogP contribution is -2.52. The monoisotopic (exact) mass is 512 g/mol. The average molecular weight is 513 g/mol. The van der Waals surface area contributed by atoms with Gasteiger partial charge in [0, 0.05) is 18.7 Å². The average Bonchev–Trinajstić information content (AvgIpc) is 2.79. The molecular formula is C27H36N4O6. The summed E-state index contributed by atoms with van der Waals surface area (Å²) >= 11 is 0. The minimum absolute atomic E-state index is 0.0770. The Morgan fingerprint density at radius 3 is 2.32 bits per heavy atom. The van der Waals surface area contributed by atoms with Crippen LogP contribution in [0.1, 0.15) is 57.7 Å². The topological polar surface area (TPSA) is 151 Å². The molecule has 2 atom stereocenters. The number of hydrogen-bond acceptors (Lipinski definition) is 6. The van der Waals surface area contributed by atoms with Gasteiger partial charge in [-0.15, -0.1) is 0 Å². The van der Waals surface area contributed by atoms with E-state index in [2.05, 4.69) is 10.6 Å². The number of carbonyl (C=O) groups excluding carboxylic acids is 4. The number of amides is 4. The van der Waals surface area contributed by atoms with Crippen LogP contribution in [0.15, 0.2) is 48.5 Å². The Hall–Kier alpha value is -4.08. The van der Waals surface area contributed by atoms with Crippen molar-refractivity contribution in [3.05, 3.63) is 59.7 Å². The van der Waals surface area contributed by atoms with Crippen LogP contribution in [0.4, 0.5) is 10.5 Å². The van der Waals surface area contributed by atoms with E-state index in [1.54, 1.807) is 52.0 Å². The number of aromatic hydroxyl groups is 1. The molecule has 0 spiro atoms. The van der Waals surface area contributed by atoms with Gasteiger partial charge in [-0.3, -0.25) is 14.4 Å². The van der Waals surface area contributed by atoms with E-state index >= 15 is 0 Å². The maximum Gasteiger partial charge on any atom is 0.408 e. The second-order valence-electron chi connectivity index (χ2n) is 9.63. The van der Waals surface area contributed by atoms with Gasteiger partial charge in [-0.05, 0) is 70.4 Å². The van der Waals surface area contributed by atoms with Crippen molar-refractivity contribution < 1.29 is 29.0 Å². The predicted octanol–water partition coefficient (Wildman–Crippen LogP) is 3.39. The first-order chi connectivity index (χ1) is 17.3. The number of carbonyl (C=O) groups is 4. The Bertz CT molecular complexity index is 1130. The van der Waals surface area contributed by atoms with Gasteiger partial charge < -0.3 is 31.1 Å². The number of likely N-dealkylation sites (N-methyl/N-ethyl adjacent to an activating group) is 1. The number of ether oxygens (including phenoxy) is 1. The number of nitrogens with two attached hydrogens (primary N) is 1. The molecule has 0 aliphatic carbocycles. The number of rotatable bonds is 10. The van der Waals surface area contributed by atoms with Crippen LogP contribution in [0, 0.1) is 6.92 Å². The minimum Gasteiger partial charge on any atom is -0.508 e. The Kier molecular flexibility index (Phi) is 10.0. The normalized spacial score (nSPS) is 12.7. The zero-order chi connectivity index (χ0) is 27.8. The first-order valence-corrected chi connectivity index (χ1v) is 12.1. The molecule has 0 bridgehead atoms. The molecule has 0 saturated carbocycles. The summed E-state index contributed by atoms with van der Waals surface area (Å²) in [6.45, 7) is 8.65. The molecule has 10 heteroatoms. The molecule has 0 heterocycles. The van der Waals surface area contributed by atoms with Crippen molar-refractivity contribution in [2.75, 3.05) is 11.9 Å². The molecule has 2 aromatic carbocycles. The van der Waals surface area contributed by atoms with Crippen molar-refractivity contribution in [3.8, 4) is 5.75 Å². The maximum atomic E-state index is 13.8. The molecule has 4 amide bonds. The number of aryl methyl sites for hydroxylation is 1. The highest BCUT2D eigenvalue weighted by Crippen LogP contribution is 2.27. The van der Waals surface area contributed by atoms with Crippen LogP contribution >= 0.6 is 0 Å². The molecule has 10 nitrogen and oxygen atoms in total. The van der Waals surface area contributed by atoms with Crippen LogP contribution < -0.4 is 16.4 Å². The number of benzene rings is 2. The fourth-order valence-electron chi connectivity index (χ4n) is 3.74. The third-order valence-corrected chi connectivity index (χ3v) is 5.44. The Labute approximate surface area is 217 Å².